The van der Waals surface area contributed by atoms with Crippen LogP contribution in [0.15, 0.2) is 58.3 Å². The molecule has 2 aliphatic rings. The first-order chi connectivity index (χ1) is 18.4. The van der Waals surface area contributed by atoms with Gasteiger partial charge in [-0.3, -0.25) is 14.6 Å². The Labute approximate surface area is 227 Å². The lowest BCUT2D eigenvalue weighted by Crippen LogP contribution is -2.51. The molecule has 38 heavy (non-hydrogen) atoms. The molecule has 2 aromatic rings. The molecule has 9 heteroatoms. The van der Waals surface area contributed by atoms with Crippen molar-refractivity contribution in [3.05, 3.63) is 54.1 Å². The van der Waals surface area contributed by atoms with Gasteiger partial charge >= 0.3 is 0 Å². The Hall–Kier alpha value is -2.46. The molecular weight excluding hydrogens is 500 g/mol. The molecule has 0 radical (unpaired) electrons. The lowest BCUT2D eigenvalue weighted by molar-refractivity contribution is -0.123. The number of nitrogens with zero attached hydrogens (tertiary/aromatic N) is 2. The third-order valence-corrected chi connectivity index (χ3v) is 9.62. The summed E-state index contributed by atoms with van der Waals surface area (Å²) in [5, 5.41) is 2.71. The Balaban J connectivity index is 1.34. The van der Waals surface area contributed by atoms with E-state index in [0.717, 1.165) is 37.8 Å². The van der Waals surface area contributed by atoms with Crippen LogP contribution in [0, 0.1) is 0 Å². The van der Waals surface area contributed by atoms with Gasteiger partial charge in [-0.25, -0.2) is 8.42 Å². The van der Waals surface area contributed by atoms with Gasteiger partial charge < -0.3 is 15.8 Å². The summed E-state index contributed by atoms with van der Waals surface area (Å²) in [6.07, 6.45) is 7.47. The van der Waals surface area contributed by atoms with E-state index in [1.54, 1.807) is 30.3 Å². The SMILES string of the molecule is C[C@@H](c1ccc(S(=O)(=O)c2cccc(OCC(=O)NCCCN)c2)cc1)N1CCN(C2CCCCC2)CC1. The molecule has 2 fully saturated rings. The van der Waals surface area contributed by atoms with Crippen molar-refractivity contribution in [2.45, 2.75) is 67.3 Å². The molecule has 1 saturated carbocycles. The zero-order valence-corrected chi connectivity index (χ0v) is 23.3. The number of hydrogen-bond donors (Lipinski definition) is 2. The zero-order chi connectivity index (χ0) is 27.0. The van der Waals surface area contributed by atoms with Crippen LogP contribution < -0.4 is 15.8 Å². The lowest BCUT2D eigenvalue weighted by Gasteiger charge is -2.42. The Kier molecular flexibility index (Phi) is 10.2. The maximum Gasteiger partial charge on any atom is 0.257 e. The van der Waals surface area contributed by atoms with Gasteiger partial charge in [0.1, 0.15) is 5.75 Å². The second kappa shape index (κ2) is 13.6. The number of hydrogen-bond acceptors (Lipinski definition) is 7. The van der Waals surface area contributed by atoms with Gasteiger partial charge in [-0.1, -0.05) is 37.5 Å². The van der Waals surface area contributed by atoms with E-state index in [4.69, 9.17) is 10.5 Å². The van der Waals surface area contributed by atoms with Gasteiger partial charge in [0.15, 0.2) is 6.61 Å². The fraction of sp³-hybridized carbons (Fsp3) is 0.552. The lowest BCUT2D eigenvalue weighted by atomic mass is 9.93. The summed E-state index contributed by atoms with van der Waals surface area (Å²) < 4.78 is 32.1. The molecule has 4 rings (SSSR count). The Morgan fingerprint density at radius 2 is 1.74 bits per heavy atom. The average molecular weight is 543 g/mol. The Bertz CT molecular complexity index is 1140. The van der Waals surface area contributed by atoms with E-state index >= 15 is 0 Å². The van der Waals surface area contributed by atoms with Crippen LogP contribution in [-0.2, 0) is 14.6 Å². The number of carbonyl (C=O) groups excluding carboxylic acids is 1. The first kappa shape index (κ1) is 28.5. The van der Waals surface area contributed by atoms with Gasteiger partial charge in [-0.05, 0) is 68.6 Å². The number of nitrogens with one attached hydrogen (secondary N) is 1. The van der Waals surface area contributed by atoms with Crippen molar-refractivity contribution in [1.29, 1.82) is 0 Å². The molecule has 1 atom stereocenters. The number of rotatable bonds is 11. The standard InChI is InChI=1S/C29H42N4O4S/c1-23(32-17-19-33(20-18-32)25-7-3-2-4-8-25)24-11-13-27(14-12-24)38(35,36)28-10-5-9-26(21-28)37-22-29(34)31-16-6-15-30/h5,9-14,21,23,25H,2-4,6-8,15-20,22,30H2,1H3,(H,31,34)/t23-/m0/s1. The second-order valence-electron chi connectivity index (χ2n) is 10.4. The molecular formula is C29H42N4O4S. The molecule has 0 aromatic heterocycles. The summed E-state index contributed by atoms with van der Waals surface area (Å²) in [6, 6.07) is 14.5. The number of sulfone groups is 1. The van der Waals surface area contributed by atoms with Crippen molar-refractivity contribution in [2.75, 3.05) is 45.9 Å². The summed E-state index contributed by atoms with van der Waals surface area (Å²) in [5.41, 5.74) is 6.55. The molecule has 2 aromatic carbocycles. The topological polar surface area (TPSA) is 105 Å². The van der Waals surface area contributed by atoms with Gasteiger partial charge in [0.05, 0.1) is 9.79 Å². The number of benzene rings is 2. The highest BCUT2D eigenvalue weighted by molar-refractivity contribution is 7.91. The molecule has 1 amide bonds. The summed E-state index contributed by atoms with van der Waals surface area (Å²) in [4.78, 5) is 17.4. The fourth-order valence-corrected chi connectivity index (χ4v) is 6.76. The fourth-order valence-electron chi connectivity index (χ4n) is 5.47. The van der Waals surface area contributed by atoms with E-state index in [9.17, 15) is 13.2 Å². The number of carbonyl (C=O) groups is 1. The smallest absolute Gasteiger partial charge is 0.257 e. The monoisotopic (exact) mass is 542 g/mol. The van der Waals surface area contributed by atoms with Gasteiger partial charge in [0.2, 0.25) is 9.84 Å². The molecule has 1 aliphatic carbocycles. The van der Waals surface area contributed by atoms with Crippen LogP contribution in [0.2, 0.25) is 0 Å². The number of amides is 1. The zero-order valence-electron chi connectivity index (χ0n) is 22.5. The normalized spacial score (nSPS) is 18.7. The summed E-state index contributed by atoms with van der Waals surface area (Å²) in [7, 11) is -3.72. The van der Waals surface area contributed by atoms with Crippen LogP contribution in [0.25, 0.3) is 0 Å². The Morgan fingerprint density at radius 3 is 2.42 bits per heavy atom. The quantitative estimate of drug-likeness (QED) is 0.420. The molecule has 0 spiro atoms. The molecule has 3 N–H and O–H groups in total. The summed E-state index contributed by atoms with van der Waals surface area (Å²) in [5.74, 6) is 0.0597. The van der Waals surface area contributed by atoms with E-state index in [0.29, 0.717) is 25.3 Å². The molecule has 0 unspecified atom stereocenters. The first-order valence-corrected chi connectivity index (χ1v) is 15.4. The molecule has 1 saturated heterocycles. The molecule has 0 bridgehead atoms. The highest BCUT2D eigenvalue weighted by Crippen LogP contribution is 2.29. The van der Waals surface area contributed by atoms with Crippen molar-refractivity contribution in [3.63, 3.8) is 0 Å². The first-order valence-electron chi connectivity index (χ1n) is 13.9. The van der Waals surface area contributed by atoms with E-state index in [1.807, 2.05) is 12.1 Å². The van der Waals surface area contributed by atoms with Crippen LogP contribution in [0.1, 0.15) is 57.1 Å². The average Bonchev–Trinajstić information content (AvgIpc) is 2.96. The Morgan fingerprint density at radius 1 is 1.03 bits per heavy atom. The van der Waals surface area contributed by atoms with Crippen molar-refractivity contribution in [1.82, 2.24) is 15.1 Å². The van der Waals surface area contributed by atoms with Crippen LogP contribution in [0.4, 0.5) is 0 Å². The van der Waals surface area contributed by atoms with Gasteiger partial charge in [0, 0.05) is 44.8 Å². The van der Waals surface area contributed by atoms with Crippen molar-refractivity contribution in [2.24, 2.45) is 5.73 Å². The molecule has 1 heterocycles. The third-order valence-electron chi connectivity index (χ3n) is 7.85. The van der Waals surface area contributed by atoms with Gasteiger partial charge in [-0.2, -0.15) is 0 Å². The third kappa shape index (κ3) is 7.34. The highest BCUT2D eigenvalue weighted by Gasteiger charge is 2.27. The maximum absolute atomic E-state index is 13.3. The second-order valence-corrected chi connectivity index (χ2v) is 12.3. The minimum Gasteiger partial charge on any atom is -0.484 e. The van der Waals surface area contributed by atoms with Gasteiger partial charge in [-0.15, -0.1) is 0 Å². The largest absolute Gasteiger partial charge is 0.484 e. The van der Waals surface area contributed by atoms with Crippen molar-refractivity contribution < 1.29 is 17.9 Å². The van der Waals surface area contributed by atoms with Gasteiger partial charge in [0.25, 0.3) is 5.91 Å². The van der Waals surface area contributed by atoms with E-state index in [1.165, 1.54) is 38.2 Å². The predicted octanol–water partition coefficient (Wildman–Crippen LogP) is 3.37. The van der Waals surface area contributed by atoms with Crippen LogP contribution in [0.5, 0.6) is 5.75 Å². The minimum absolute atomic E-state index is 0.137. The van der Waals surface area contributed by atoms with Crippen LogP contribution in [0.3, 0.4) is 0 Å². The van der Waals surface area contributed by atoms with Crippen LogP contribution >= 0.6 is 0 Å². The van der Waals surface area contributed by atoms with Crippen molar-refractivity contribution in [3.8, 4) is 5.75 Å². The number of nitrogens with two attached hydrogens (primary N) is 1. The highest BCUT2D eigenvalue weighted by atomic mass is 32.2. The molecule has 1 aliphatic heterocycles. The van der Waals surface area contributed by atoms with E-state index in [-0.39, 0.29) is 28.3 Å². The van der Waals surface area contributed by atoms with E-state index in [2.05, 4.69) is 22.0 Å². The number of piperazine rings is 1. The maximum atomic E-state index is 13.3. The predicted molar refractivity (Wildman–Crippen MR) is 149 cm³/mol. The van der Waals surface area contributed by atoms with Crippen molar-refractivity contribution >= 4 is 15.7 Å². The van der Waals surface area contributed by atoms with Crippen LogP contribution in [-0.4, -0.2) is 76.0 Å². The minimum atomic E-state index is -3.72. The molecule has 8 nitrogen and oxygen atoms in total. The van der Waals surface area contributed by atoms with E-state index < -0.39 is 9.84 Å². The summed E-state index contributed by atoms with van der Waals surface area (Å²) >= 11 is 0. The summed E-state index contributed by atoms with van der Waals surface area (Å²) in [6.45, 7) is 7.29. The molecule has 208 valence electrons. The number of ether oxygens (including phenoxy) is 1.